The number of nitrogens with two attached hydrogens (primary N) is 1. The van der Waals surface area contributed by atoms with Gasteiger partial charge in [0.25, 0.3) is 0 Å². The summed E-state index contributed by atoms with van der Waals surface area (Å²) in [5.41, 5.74) is 5.46. The smallest absolute Gasteiger partial charge is 0.246 e. The third kappa shape index (κ3) is 2.34. The molecule has 2 rings (SSSR count). The summed E-state index contributed by atoms with van der Waals surface area (Å²) in [5, 5.41) is 5.97. The Hall–Kier alpha value is -1.12. The van der Waals surface area contributed by atoms with Gasteiger partial charge in [0.2, 0.25) is 10.0 Å². The molecule has 0 radical (unpaired) electrons. The van der Waals surface area contributed by atoms with Crippen LogP contribution in [0.25, 0.3) is 0 Å². The molecule has 1 atom stereocenters. The van der Waals surface area contributed by atoms with Crippen molar-refractivity contribution in [3.8, 4) is 0 Å². The van der Waals surface area contributed by atoms with Crippen LogP contribution < -0.4 is 10.5 Å². The molecule has 7 nitrogen and oxygen atoms in total. The van der Waals surface area contributed by atoms with Gasteiger partial charge in [-0.1, -0.05) is 0 Å². The highest BCUT2D eigenvalue weighted by Crippen LogP contribution is 2.16. The Morgan fingerprint density at radius 1 is 1.62 bits per heavy atom. The van der Waals surface area contributed by atoms with Gasteiger partial charge >= 0.3 is 0 Å². The van der Waals surface area contributed by atoms with Crippen molar-refractivity contribution in [2.45, 2.75) is 23.8 Å². The molecule has 1 fully saturated rings. The lowest BCUT2D eigenvalue weighted by Gasteiger charge is -2.22. The highest BCUT2D eigenvalue weighted by atomic mass is 32.2. The van der Waals surface area contributed by atoms with E-state index in [4.69, 9.17) is 10.5 Å². The van der Waals surface area contributed by atoms with Crippen molar-refractivity contribution in [3.05, 3.63) is 6.20 Å². The number of hydrogen-bond acceptors (Lipinski definition) is 5. The summed E-state index contributed by atoms with van der Waals surface area (Å²) < 4.78 is 31.5. The fourth-order valence-corrected chi connectivity index (χ4v) is 2.89. The third-order valence-electron chi connectivity index (χ3n) is 2.40. The average Bonchev–Trinajstić information content (AvgIpc) is 2.66. The second-order valence-corrected chi connectivity index (χ2v) is 5.37. The molecule has 1 saturated heterocycles. The summed E-state index contributed by atoms with van der Waals surface area (Å²) in [6, 6.07) is -0.187. The topological polar surface area (TPSA) is 110 Å². The van der Waals surface area contributed by atoms with Gasteiger partial charge in [0, 0.05) is 12.6 Å². The van der Waals surface area contributed by atoms with E-state index in [-0.39, 0.29) is 16.8 Å². The Labute approximate surface area is 93.4 Å². The van der Waals surface area contributed by atoms with Gasteiger partial charge in [-0.2, -0.15) is 5.10 Å². The van der Waals surface area contributed by atoms with Crippen LogP contribution in [0.4, 0.5) is 5.82 Å². The first-order chi connectivity index (χ1) is 7.59. The minimum atomic E-state index is -3.60. The second kappa shape index (κ2) is 4.40. The Bertz CT molecular complexity index is 450. The maximum atomic E-state index is 11.9. The number of aromatic nitrogens is 2. The number of anilines is 1. The summed E-state index contributed by atoms with van der Waals surface area (Å²) >= 11 is 0. The molecule has 0 spiro atoms. The number of ether oxygens (including phenoxy) is 1. The molecule has 16 heavy (non-hydrogen) atoms. The van der Waals surface area contributed by atoms with E-state index in [1.165, 1.54) is 6.20 Å². The van der Waals surface area contributed by atoms with Crippen molar-refractivity contribution in [1.29, 1.82) is 0 Å². The van der Waals surface area contributed by atoms with E-state index in [9.17, 15) is 8.42 Å². The Morgan fingerprint density at radius 3 is 3.00 bits per heavy atom. The van der Waals surface area contributed by atoms with E-state index in [2.05, 4.69) is 14.9 Å². The molecule has 8 heteroatoms. The predicted molar refractivity (Wildman–Crippen MR) is 57.2 cm³/mol. The largest absolute Gasteiger partial charge is 0.383 e. The average molecular weight is 246 g/mol. The van der Waals surface area contributed by atoms with Crippen LogP contribution in [0.1, 0.15) is 12.8 Å². The van der Waals surface area contributed by atoms with Crippen LogP contribution >= 0.6 is 0 Å². The standard InChI is InChI=1S/C8H14N4O3S/c9-8-7(4-10-11-8)16(13,14)12-6-2-1-3-15-5-6/h4,6,12H,1-3,5H2,(H3,9,10,11). The number of nitrogens with zero attached hydrogens (tertiary/aromatic N) is 1. The first kappa shape index (κ1) is 11.4. The van der Waals surface area contributed by atoms with Crippen molar-refractivity contribution in [3.63, 3.8) is 0 Å². The first-order valence-electron chi connectivity index (χ1n) is 4.98. The summed E-state index contributed by atoms with van der Waals surface area (Å²) in [4.78, 5) is -0.0157. The molecule has 90 valence electrons. The molecule has 0 amide bonds. The van der Waals surface area contributed by atoms with E-state index in [1.807, 2.05) is 0 Å². The van der Waals surface area contributed by atoms with E-state index in [0.29, 0.717) is 13.2 Å². The van der Waals surface area contributed by atoms with Gasteiger partial charge in [0.05, 0.1) is 12.8 Å². The SMILES string of the molecule is Nc1[nH]ncc1S(=O)(=O)NC1CCCOC1. The summed E-state index contributed by atoms with van der Waals surface area (Å²) in [6.07, 6.45) is 2.83. The third-order valence-corrected chi connectivity index (χ3v) is 3.95. The molecular weight excluding hydrogens is 232 g/mol. The molecule has 0 aliphatic carbocycles. The lowest BCUT2D eigenvalue weighted by Crippen LogP contribution is -2.40. The molecule has 4 N–H and O–H groups in total. The van der Waals surface area contributed by atoms with Crippen LogP contribution in [-0.4, -0.2) is 37.9 Å². The number of nitrogens with one attached hydrogen (secondary N) is 2. The highest BCUT2D eigenvalue weighted by Gasteiger charge is 2.24. The van der Waals surface area contributed by atoms with Gasteiger partial charge in [0.15, 0.2) is 0 Å². The van der Waals surface area contributed by atoms with Gasteiger partial charge in [-0.15, -0.1) is 0 Å². The van der Waals surface area contributed by atoms with Crippen LogP contribution in [0.5, 0.6) is 0 Å². The zero-order chi connectivity index (χ0) is 11.6. The number of hydrogen-bond donors (Lipinski definition) is 3. The van der Waals surface area contributed by atoms with Gasteiger partial charge in [-0.3, -0.25) is 5.10 Å². The molecule has 1 aromatic rings. The first-order valence-corrected chi connectivity index (χ1v) is 6.47. The van der Waals surface area contributed by atoms with Crippen LogP contribution in [0, 0.1) is 0 Å². The Kier molecular flexibility index (Phi) is 3.13. The van der Waals surface area contributed by atoms with E-state index in [0.717, 1.165) is 12.8 Å². The van der Waals surface area contributed by atoms with Crippen LogP contribution in [0.3, 0.4) is 0 Å². The van der Waals surface area contributed by atoms with Crippen molar-refractivity contribution < 1.29 is 13.2 Å². The molecule has 0 bridgehead atoms. The zero-order valence-corrected chi connectivity index (χ0v) is 9.46. The van der Waals surface area contributed by atoms with Crippen molar-refractivity contribution in [2.75, 3.05) is 18.9 Å². The van der Waals surface area contributed by atoms with E-state index >= 15 is 0 Å². The van der Waals surface area contributed by atoms with Gasteiger partial charge in [-0.05, 0) is 12.8 Å². The van der Waals surface area contributed by atoms with Crippen LogP contribution in [-0.2, 0) is 14.8 Å². The molecule has 1 unspecified atom stereocenters. The Balaban J connectivity index is 2.11. The Morgan fingerprint density at radius 2 is 2.44 bits per heavy atom. The molecule has 1 aliphatic rings. The highest BCUT2D eigenvalue weighted by molar-refractivity contribution is 7.89. The second-order valence-electron chi connectivity index (χ2n) is 3.68. The minimum absolute atomic E-state index is 0.0157. The number of rotatable bonds is 3. The van der Waals surface area contributed by atoms with Gasteiger partial charge in [0.1, 0.15) is 10.7 Å². The fourth-order valence-electron chi connectivity index (χ4n) is 1.62. The van der Waals surface area contributed by atoms with Gasteiger partial charge < -0.3 is 10.5 Å². The monoisotopic (exact) mass is 246 g/mol. The summed E-state index contributed by atoms with van der Waals surface area (Å²) in [6.45, 7) is 1.09. The molecule has 1 aliphatic heterocycles. The van der Waals surface area contributed by atoms with E-state index in [1.54, 1.807) is 0 Å². The maximum Gasteiger partial charge on any atom is 0.246 e. The quantitative estimate of drug-likeness (QED) is 0.662. The number of nitrogen functional groups attached to an aromatic ring is 1. The summed E-state index contributed by atoms with van der Waals surface area (Å²) in [5.74, 6) is 0.0456. The van der Waals surface area contributed by atoms with E-state index < -0.39 is 10.0 Å². The molecule has 2 heterocycles. The number of sulfonamides is 1. The van der Waals surface area contributed by atoms with Crippen molar-refractivity contribution in [2.24, 2.45) is 0 Å². The lowest BCUT2D eigenvalue weighted by atomic mass is 10.1. The molecule has 0 aromatic carbocycles. The van der Waals surface area contributed by atoms with Gasteiger partial charge in [-0.25, -0.2) is 13.1 Å². The van der Waals surface area contributed by atoms with Crippen LogP contribution in [0.2, 0.25) is 0 Å². The van der Waals surface area contributed by atoms with Crippen LogP contribution in [0.15, 0.2) is 11.1 Å². The fraction of sp³-hybridized carbons (Fsp3) is 0.625. The number of H-pyrrole nitrogens is 1. The minimum Gasteiger partial charge on any atom is -0.383 e. The maximum absolute atomic E-state index is 11.9. The van der Waals surface area contributed by atoms with Crippen molar-refractivity contribution >= 4 is 15.8 Å². The summed E-state index contributed by atoms with van der Waals surface area (Å²) in [7, 11) is -3.60. The number of aromatic amines is 1. The molecule has 0 saturated carbocycles. The molecule has 1 aromatic heterocycles. The lowest BCUT2D eigenvalue weighted by molar-refractivity contribution is 0.0774. The molecular formula is C8H14N4O3S. The van der Waals surface area contributed by atoms with Crippen molar-refractivity contribution in [1.82, 2.24) is 14.9 Å². The normalized spacial score (nSPS) is 22.1. The zero-order valence-electron chi connectivity index (χ0n) is 8.64. The predicted octanol–water partition coefficient (Wildman–Crippen LogP) is -0.551.